The molecule has 1 unspecified atom stereocenters. The number of aliphatic hydroxyl groups excluding tert-OH is 1. The van der Waals surface area contributed by atoms with Crippen LogP contribution in [0, 0.1) is 24.7 Å². The number of allylic oxidation sites excluding steroid dienone is 4. The number of oxazole rings is 1. The Labute approximate surface area is 265 Å². The molecule has 5 heterocycles. The lowest BCUT2D eigenvalue weighted by Crippen LogP contribution is -2.42. The van der Waals surface area contributed by atoms with Crippen LogP contribution >= 0.6 is 0 Å². The van der Waals surface area contributed by atoms with Crippen molar-refractivity contribution in [3.05, 3.63) is 59.4 Å². The van der Waals surface area contributed by atoms with E-state index in [4.69, 9.17) is 28.1 Å². The van der Waals surface area contributed by atoms with E-state index in [-0.39, 0.29) is 48.5 Å². The summed E-state index contributed by atoms with van der Waals surface area (Å²) in [5, 5.41) is 11.4. The topological polar surface area (TPSA) is 133 Å². The lowest BCUT2D eigenvalue weighted by Gasteiger charge is -2.33. The Morgan fingerprint density at radius 2 is 1.91 bits per heavy atom. The number of cyclic esters (lactones) is 1. The largest absolute Gasteiger partial charge is 0.462 e. The van der Waals surface area contributed by atoms with Crippen molar-refractivity contribution in [2.24, 2.45) is 17.8 Å². The second-order valence-corrected chi connectivity index (χ2v) is 13.3. The predicted molar refractivity (Wildman–Crippen MR) is 166 cm³/mol. The molecule has 0 spiro atoms. The number of aliphatic hydroxyl groups is 1. The first kappa shape index (κ1) is 33.3. The summed E-state index contributed by atoms with van der Waals surface area (Å²) in [6.45, 7) is 11.6. The fourth-order valence-corrected chi connectivity index (χ4v) is 6.64. The minimum Gasteiger partial charge on any atom is -0.462 e. The minimum atomic E-state index is -0.905. The van der Waals surface area contributed by atoms with E-state index in [1.54, 1.807) is 20.3 Å². The van der Waals surface area contributed by atoms with Crippen molar-refractivity contribution in [2.45, 2.75) is 116 Å². The van der Waals surface area contributed by atoms with Gasteiger partial charge in [-0.3, -0.25) is 4.79 Å². The van der Waals surface area contributed by atoms with Crippen molar-refractivity contribution in [3.63, 3.8) is 0 Å². The van der Waals surface area contributed by atoms with Crippen LogP contribution in [-0.2, 0) is 33.3 Å². The van der Waals surface area contributed by atoms with Gasteiger partial charge in [0.25, 0.3) is 0 Å². The second kappa shape index (κ2) is 13.7. The number of esters is 2. The number of epoxide rings is 2. The molecule has 0 aliphatic carbocycles. The highest BCUT2D eigenvalue weighted by Gasteiger charge is 2.57. The third kappa shape index (κ3) is 8.03. The van der Waals surface area contributed by atoms with Crippen LogP contribution in [0.4, 0.5) is 0 Å². The Hall–Kier alpha value is -3.05. The molecule has 2 bridgehead atoms. The van der Waals surface area contributed by atoms with Gasteiger partial charge < -0.3 is 33.2 Å². The quantitative estimate of drug-likeness (QED) is 0.190. The lowest BCUT2D eigenvalue weighted by molar-refractivity contribution is -0.159. The molecule has 3 saturated heterocycles. The summed E-state index contributed by atoms with van der Waals surface area (Å²) in [7, 11) is 1.63. The summed E-state index contributed by atoms with van der Waals surface area (Å²) in [6, 6.07) is 0. The SMILES string of the molecule is CO[C@@H](/C(C)=C/C=C/C(C)=C/c1coc(C)n1)[C@@H](C)[C@@H]1C[C@H](O)C2(C)O[C@@H]2/C=C/[C@@H](C)[C@H]2C[C@H](CC(=O)O2)C[C@@H]2O[C@H]2C(=O)O1. The minimum absolute atomic E-state index is 0.0130. The molecule has 11 atom stereocenters. The van der Waals surface area contributed by atoms with Crippen molar-refractivity contribution in [1.29, 1.82) is 0 Å². The molecule has 0 amide bonds. The van der Waals surface area contributed by atoms with Gasteiger partial charge in [0.2, 0.25) is 0 Å². The molecule has 1 N–H and O–H groups in total. The predicted octanol–water partition coefficient (Wildman–Crippen LogP) is 5.05. The van der Waals surface area contributed by atoms with Crippen molar-refractivity contribution in [2.75, 3.05) is 7.11 Å². The Kier molecular flexibility index (Phi) is 10.2. The van der Waals surface area contributed by atoms with Crippen LogP contribution in [0.2, 0.25) is 0 Å². The molecule has 10 nitrogen and oxygen atoms in total. The standard InChI is InChI=1S/C35H47NO9/c1-19(13-25-18-41-23(5)36-25)9-8-10-21(3)32(40-7)22(4)27-17-29(37)35(6)30(45-35)12-11-20(2)26-14-24(16-31(38)42-26)15-28-33(43-28)34(39)44-27/h8-13,18,20,22,24,26-30,32-33,37H,14-17H2,1-7H3/b9-8+,12-11+,19-13+,21-10+/t20-,22+,24+,26-,27+,28+,29+,30-,32+,33-,35?/m1/s1. The Morgan fingerprint density at radius 3 is 2.62 bits per heavy atom. The van der Waals surface area contributed by atoms with Crippen molar-refractivity contribution in [1.82, 2.24) is 4.98 Å². The smallest absolute Gasteiger partial charge is 0.338 e. The summed E-state index contributed by atoms with van der Waals surface area (Å²) >= 11 is 0. The van der Waals surface area contributed by atoms with Gasteiger partial charge in [0.15, 0.2) is 12.0 Å². The molecule has 3 fully saturated rings. The van der Waals surface area contributed by atoms with Gasteiger partial charge in [-0.05, 0) is 56.8 Å². The van der Waals surface area contributed by atoms with Crippen LogP contribution in [0.3, 0.4) is 0 Å². The highest BCUT2D eigenvalue weighted by molar-refractivity contribution is 5.78. The Morgan fingerprint density at radius 1 is 1.16 bits per heavy atom. The van der Waals surface area contributed by atoms with E-state index in [1.165, 1.54) is 0 Å². The van der Waals surface area contributed by atoms with Gasteiger partial charge in [-0.15, -0.1) is 0 Å². The molecule has 0 radical (unpaired) electrons. The maximum atomic E-state index is 13.4. The molecule has 1 aromatic rings. The van der Waals surface area contributed by atoms with Crippen molar-refractivity contribution in [3.8, 4) is 0 Å². The zero-order valence-corrected chi connectivity index (χ0v) is 27.3. The molecule has 4 aliphatic rings. The highest BCUT2D eigenvalue weighted by Crippen LogP contribution is 2.44. The van der Waals surface area contributed by atoms with Gasteiger partial charge in [0.05, 0.1) is 18.3 Å². The van der Waals surface area contributed by atoms with Crippen LogP contribution in [0.5, 0.6) is 0 Å². The highest BCUT2D eigenvalue weighted by atomic mass is 16.6. The Bertz CT molecular complexity index is 1360. The number of rotatable bonds is 7. The van der Waals surface area contributed by atoms with E-state index < -0.39 is 36.0 Å². The van der Waals surface area contributed by atoms with E-state index in [2.05, 4.69) is 4.98 Å². The van der Waals surface area contributed by atoms with Gasteiger partial charge in [0.1, 0.15) is 35.9 Å². The van der Waals surface area contributed by atoms with E-state index in [1.807, 2.05) is 71.1 Å². The van der Waals surface area contributed by atoms with Crippen LogP contribution in [0.15, 0.2) is 52.2 Å². The second-order valence-electron chi connectivity index (χ2n) is 13.3. The summed E-state index contributed by atoms with van der Waals surface area (Å²) in [5.74, 6) is -0.316. The molecule has 0 saturated carbocycles. The van der Waals surface area contributed by atoms with Gasteiger partial charge in [-0.2, -0.15) is 0 Å². The Balaban J connectivity index is 1.33. The maximum absolute atomic E-state index is 13.4. The number of carbonyl (C=O) groups excluding carboxylic acids is 2. The number of nitrogens with zero attached hydrogens (tertiary/aromatic N) is 1. The monoisotopic (exact) mass is 625 g/mol. The first-order valence-corrected chi connectivity index (χ1v) is 16.0. The van der Waals surface area contributed by atoms with E-state index >= 15 is 0 Å². The first-order chi connectivity index (χ1) is 21.4. The van der Waals surface area contributed by atoms with Gasteiger partial charge in [-0.1, -0.05) is 44.2 Å². The fourth-order valence-electron chi connectivity index (χ4n) is 6.64. The molecular weight excluding hydrogens is 578 g/mol. The molecule has 4 aliphatic heterocycles. The number of carbonyl (C=O) groups is 2. The lowest BCUT2D eigenvalue weighted by atomic mass is 9.84. The molecule has 10 heteroatoms. The van der Waals surface area contributed by atoms with E-state index in [0.717, 1.165) is 16.8 Å². The normalized spacial score (nSPS) is 38.0. The number of aromatic nitrogens is 1. The van der Waals surface area contributed by atoms with Crippen molar-refractivity contribution < 1.29 is 42.8 Å². The van der Waals surface area contributed by atoms with E-state index in [9.17, 15) is 14.7 Å². The van der Waals surface area contributed by atoms with Crippen LogP contribution < -0.4 is 0 Å². The number of fused-ring (bicyclic) bond motifs is 4. The molecule has 5 rings (SSSR count). The van der Waals surface area contributed by atoms with Crippen LogP contribution in [0.1, 0.15) is 71.9 Å². The fraction of sp³-hybridized carbons (Fsp3) is 0.629. The zero-order valence-electron chi connectivity index (χ0n) is 27.3. The maximum Gasteiger partial charge on any atom is 0.338 e. The average Bonchev–Trinajstić information content (AvgIpc) is 3.86. The third-order valence-electron chi connectivity index (χ3n) is 9.63. The van der Waals surface area contributed by atoms with Crippen molar-refractivity contribution >= 4 is 18.0 Å². The molecule has 246 valence electrons. The van der Waals surface area contributed by atoms with Crippen LogP contribution in [-0.4, -0.2) is 77.5 Å². The number of hydrogen-bond acceptors (Lipinski definition) is 10. The average molecular weight is 626 g/mol. The van der Waals surface area contributed by atoms with Gasteiger partial charge in [0, 0.05) is 38.7 Å². The zero-order chi connectivity index (χ0) is 32.5. The number of hydrogen-bond donors (Lipinski definition) is 1. The molecular formula is C35H47NO9. The molecule has 45 heavy (non-hydrogen) atoms. The summed E-state index contributed by atoms with van der Waals surface area (Å²) < 4.78 is 34.7. The molecule has 1 aromatic heterocycles. The van der Waals surface area contributed by atoms with E-state index in [0.29, 0.717) is 25.2 Å². The number of aryl methyl sites for hydroxylation is 1. The van der Waals surface area contributed by atoms with Crippen LogP contribution in [0.25, 0.3) is 6.08 Å². The summed E-state index contributed by atoms with van der Waals surface area (Å²) in [6.07, 6.45) is 11.7. The summed E-state index contributed by atoms with van der Waals surface area (Å²) in [4.78, 5) is 30.1. The van der Waals surface area contributed by atoms with Gasteiger partial charge >= 0.3 is 11.9 Å². The third-order valence-corrected chi connectivity index (χ3v) is 9.63. The molecule has 0 aromatic carbocycles. The first-order valence-electron chi connectivity index (χ1n) is 16.0. The number of ether oxygens (including phenoxy) is 5. The summed E-state index contributed by atoms with van der Waals surface area (Å²) in [5.41, 5.74) is 1.86. The van der Waals surface area contributed by atoms with Gasteiger partial charge in [-0.25, -0.2) is 9.78 Å². The number of methoxy groups -OCH3 is 1.